The van der Waals surface area contributed by atoms with Crippen LogP contribution in [0.3, 0.4) is 0 Å². The normalized spacial score (nSPS) is 14.9. The summed E-state index contributed by atoms with van der Waals surface area (Å²) in [6.07, 6.45) is 4.91. The van der Waals surface area contributed by atoms with E-state index in [-0.39, 0.29) is 5.91 Å². The lowest BCUT2D eigenvalue weighted by molar-refractivity contribution is -0.128. The van der Waals surface area contributed by atoms with Crippen molar-refractivity contribution in [2.24, 2.45) is 5.92 Å². The summed E-state index contributed by atoms with van der Waals surface area (Å²) in [4.78, 5) is 22.8. The van der Waals surface area contributed by atoms with E-state index in [1.165, 1.54) is 5.56 Å². The van der Waals surface area contributed by atoms with Gasteiger partial charge in [-0.1, -0.05) is 12.6 Å². The number of carbonyl (C=O) groups excluding carboxylic acids is 1. The van der Waals surface area contributed by atoms with Gasteiger partial charge in [0.1, 0.15) is 11.6 Å². The molecule has 0 aliphatic carbocycles. The zero-order chi connectivity index (χ0) is 18.5. The minimum atomic E-state index is 0.0875. The van der Waals surface area contributed by atoms with Crippen molar-refractivity contribution in [1.29, 1.82) is 0 Å². The van der Waals surface area contributed by atoms with Crippen LogP contribution in [0.5, 0.6) is 0 Å². The maximum atomic E-state index is 12.0. The van der Waals surface area contributed by atoms with Gasteiger partial charge in [-0.25, -0.2) is 9.97 Å². The molecule has 3 rings (SSSR count). The molecule has 5 heteroatoms. The van der Waals surface area contributed by atoms with Gasteiger partial charge in [-0.05, 0) is 68.9 Å². The number of hydrogen-bond acceptors (Lipinski definition) is 4. The molecule has 0 atom stereocenters. The van der Waals surface area contributed by atoms with Crippen LogP contribution >= 0.6 is 0 Å². The molecule has 1 aliphatic rings. The molecule has 0 radical (unpaired) electrons. The molecule has 2 aromatic heterocycles. The van der Waals surface area contributed by atoms with E-state index in [2.05, 4.69) is 34.0 Å². The van der Waals surface area contributed by atoms with Gasteiger partial charge in [-0.15, -0.1) is 0 Å². The van der Waals surface area contributed by atoms with Crippen LogP contribution in [-0.2, 0) is 11.2 Å². The maximum Gasteiger partial charge on any atom is 0.248 e. The van der Waals surface area contributed by atoms with Crippen molar-refractivity contribution in [1.82, 2.24) is 14.9 Å². The average Bonchev–Trinajstić information content (AvgIpc) is 2.62. The molecular weight excluding hydrogens is 324 g/mol. The quantitative estimate of drug-likeness (QED) is 0.831. The Morgan fingerprint density at radius 1 is 1.27 bits per heavy atom. The van der Waals surface area contributed by atoms with E-state index in [0.29, 0.717) is 11.5 Å². The highest BCUT2D eigenvalue weighted by atomic mass is 16.2. The van der Waals surface area contributed by atoms with Gasteiger partial charge < -0.3 is 10.2 Å². The number of piperidine rings is 1. The predicted octanol–water partition coefficient (Wildman–Crippen LogP) is 3.89. The first kappa shape index (κ1) is 18.1. The van der Waals surface area contributed by atoms with Crippen molar-refractivity contribution in [3.63, 3.8) is 0 Å². The monoisotopic (exact) mass is 350 g/mol. The first-order valence-electron chi connectivity index (χ1n) is 9.11. The summed E-state index contributed by atoms with van der Waals surface area (Å²) in [6.45, 7) is 9.15. The SMILES string of the molecule is C=C(C)C(=O)N1CCC(Cc2ccnc(Nc3cccc(C)n3)c2)CC1. The Morgan fingerprint density at radius 3 is 2.73 bits per heavy atom. The molecule has 1 N–H and O–H groups in total. The molecule has 2 aromatic rings. The zero-order valence-corrected chi connectivity index (χ0v) is 15.5. The van der Waals surface area contributed by atoms with Crippen molar-refractivity contribution >= 4 is 17.5 Å². The molecule has 1 aliphatic heterocycles. The van der Waals surface area contributed by atoms with E-state index in [4.69, 9.17) is 0 Å². The van der Waals surface area contributed by atoms with Crippen LogP contribution in [0.15, 0.2) is 48.7 Å². The fourth-order valence-corrected chi connectivity index (χ4v) is 3.36. The number of pyridine rings is 2. The van der Waals surface area contributed by atoms with Crippen LogP contribution in [-0.4, -0.2) is 33.9 Å². The highest BCUT2D eigenvalue weighted by Crippen LogP contribution is 2.23. The molecule has 0 spiro atoms. The van der Waals surface area contributed by atoms with Gasteiger partial charge in [0, 0.05) is 30.6 Å². The summed E-state index contributed by atoms with van der Waals surface area (Å²) in [5.41, 5.74) is 2.86. The van der Waals surface area contributed by atoms with E-state index in [9.17, 15) is 4.79 Å². The van der Waals surface area contributed by atoms with Crippen molar-refractivity contribution < 1.29 is 4.79 Å². The Balaban J connectivity index is 1.58. The molecule has 1 fully saturated rings. The van der Waals surface area contributed by atoms with Crippen molar-refractivity contribution in [2.75, 3.05) is 18.4 Å². The number of aromatic nitrogens is 2. The van der Waals surface area contributed by atoms with Gasteiger partial charge in [-0.3, -0.25) is 4.79 Å². The first-order valence-corrected chi connectivity index (χ1v) is 9.11. The summed E-state index contributed by atoms with van der Waals surface area (Å²) in [5, 5.41) is 3.27. The Labute approximate surface area is 155 Å². The van der Waals surface area contributed by atoms with Crippen molar-refractivity contribution in [2.45, 2.75) is 33.1 Å². The lowest BCUT2D eigenvalue weighted by atomic mass is 9.90. The summed E-state index contributed by atoms with van der Waals surface area (Å²) in [6, 6.07) is 10.1. The van der Waals surface area contributed by atoms with E-state index in [1.807, 2.05) is 36.2 Å². The van der Waals surface area contributed by atoms with Crippen LogP contribution < -0.4 is 5.32 Å². The number of nitrogens with zero attached hydrogens (tertiary/aromatic N) is 3. The molecule has 26 heavy (non-hydrogen) atoms. The number of rotatable bonds is 5. The molecular formula is C21H26N4O. The van der Waals surface area contributed by atoms with Crippen LogP contribution in [0.2, 0.25) is 0 Å². The van der Waals surface area contributed by atoms with Gasteiger partial charge in [0.2, 0.25) is 5.91 Å². The third-order valence-corrected chi connectivity index (χ3v) is 4.76. The summed E-state index contributed by atoms with van der Waals surface area (Å²) in [5.74, 6) is 2.30. The highest BCUT2D eigenvalue weighted by Gasteiger charge is 2.23. The molecule has 136 valence electrons. The fraction of sp³-hybridized carbons (Fsp3) is 0.381. The second kappa shape index (κ2) is 8.13. The zero-order valence-electron chi connectivity index (χ0n) is 15.5. The number of anilines is 2. The summed E-state index contributed by atoms with van der Waals surface area (Å²) >= 11 is 0. The molecule has 0 saturated carbocycles. The smallest absolute Gasteiger partial charge is 0.248 e. The minimum absolute atomic E-state index is 0.0875. The molecule has 0 aromatic carbocycles. The van der Waals surface area contributed by atoms with Crippen LogP contribution in [0.1, 0.15) is 31.0 Å². The van der Waals surface area contributed by atoms with E-state index >= 15 is 0 Å². The van der Waals surface area contributed by atoms with Gasteiger partial charge >= 0.3 is 0 Å². The van der Waals surface area contributed by atoms with Crippen molar-refractivity contribution in [3.05, 3.63) is 59.9 Å². The number of likely N-dealkylation sites (tertiary alicyclic amines) is 1. The van der Waals surface area contributed by atoms with Crippen LogP contribution in [0.25, 0.3) is 0 Å². The van der Waals surface area contributed by atoms with E-state index in [0.717, 1.165) is 49.7 Å². The molecule has 1 saturated heterocycles. The number of aryl methyl sites for hydroxylation is 1. The van der Waals surface area contributed by atoms with E-state index in [1.54, 1.807) is 6.92 Å². The third-order valence-electron chi connectivity index (χ3n) is 4.76. The molecule has 5 nitrogen and oxygen atoms in total. The van der Waals surface area contributed by atoms with E-state index < -0.39 is 0 Å². The average molecular weight is 350 g/mol. The predicted molar refractivity (Wildman–Crippen MR) is 104 cm³/mol. The topological polar surface area (TPSA) is 58.1 Å². The minimum Gasteiger partial charge on any atom is -0.339 e. The molecule has 1 amide bonds. The highest BCUT2D eigenvalue weighted by molar-refractivity contribution is 5.92. The maximum absolute atomic E-state index is 12.0. The number of amides is 1. The molecule has 0 unspecified atom stereocenters. The van der Waals surface area contributed by atoms with Gasteiger partial charge in [0.25, 0.3) is 0 Å². The second-order valence-electron chi connectivity index (χ2n) is 7.06. The largest absolute Gasteiger partial charge is 0.339 e. The standard InChI is InChI=1S/C21H26N4O/c1-15(2)21(26)25-11-8-17(9-12-25)13-18-7-10-22-20(14-18)24-19-6-4-5-16(3)23-19/h4-7,10,14,17H,1,8-9,11-13H2,2-3H3,(H,22,23,24). The van der Waals surface area contributed by atoms with Gasteiger partial charge in [0.15, 0.2) is 0 Å². The molecule has 3 heterocycles. The number of hydrogen-bond donors (Lipinski definition) is 1. The van der Waals surface area contributed by atoms with Crippen LogP contribution in [0, 0.1) is 12.8 Å². The second-order valence-corrected chi connectivity index (χ2v) is 7.06. The lowest BCUT2D eigenvalue weighted by Gasteiger charge is -2.32. The number of nitrogens with one attached hydrogen (secondary N) is 1. The fourth-order valence-electron chi connectivity index (χ4n) is 3.36. The van der Waals surface area contributed by atoms with Gasteiger partial charge in [-0.2, -0.15) is 0 Å². The summed E-state index contributed by atoms with van der Waals surface area (Å²) in [7, 11) is 0. The number of carbonyl (C=O) groups is 1. The Morgan fingerprint density at radius 2 is 2.04 bits per heavy atom. The van der Waals surface area contributed by atoms with Gasteiger partial charge in [0.05, 0.1) is 0 Å². The van der Waals surface area contributed by atoms with Crippen molar-refractivity contribution in [3.8, 4) is 0 Å². The molecule has 0 bridgehead atoms. The Kier molecular flexibility index (Phi) is 5.66. The lowest BCUT2D eigenvalue weighted by Crippen LogP contribution is -2.39. The third kappa shape index (κ3) is 4.69. The van der Waals surface area contributed by atoms with Crippen LogP contribution in [0.4, 0.5) is 11.6 Å². The first-order chi connectivity index (χ1) is 12.5. The Hall–Kier alpha value is -2.69. The Bertz CT molecular complexity index is 794. The summed E-state index contributed by atoms with van der Waals surface area (Å²) < 4.78 is 0.